The minimum atomic E-state index is -0.147. The number of aromatic nitrogens is 1. The Hall–Kier alpha value is -1.88. The van der Waals surface area contributed by atoms with Gasteiger partial charge in [-0.25, -0.2) is 4.98 Å². The number of nitrogens with zero attached hydrogens (tertiary/aromatic N) is 1. The summed E-state index contributed by atoms with van der Waals surface area (Å²) in [4.78, 5) is 18.1. The molecule has 1 N–H and O–H groups in total. The van der Waals surface area contributed by atoms with Gasteiger partial charge in [-0.05, 0) is 50.2 Å². The molecule has 1 heterocycles. The molecular weight excluding hydrogens is 296 g/mol. The molecule has 22 heavy (non-hydrogen) atoms. The number of thiazole rings is 1. The Kier molecular flexibility index (Phi) is 3.58. The lowest BCUT2D eigenvalue weighted by Crippen LogP contribution is -2.26. The van der Waals surface area contributed by atoms with Crippen molar-refractivity contribution >= 4 is 22.4 Å². The fraction of sp³-hybridized carbons (Fsp3) is 0.412. The average molecular weight is 314 g/mol. The topological polar surface area (TPSA) is 51.2 Å². The minimum absolute atomic E-state index is 0.147. The molecule has 0 unspecified atom stereocenters. The van der Waals surface area contributed by atoms with E-state index in [1.807, 2.05) is 24.4 Å². The Bertz CT molecular complexity index is 689. The van der Waals surface area contributed by atoms with Gasteiger partial charge in [-0.1, -0.05) is 12.1 Å². The molecule has 0 atom stereocenters. The maximum absolute atomic E-state index is 12.5. The number of carbonyl (C=O) groups is 1. The van der Waals surface area contributed by atoms with Crippen molar-refractivity contribution in [1.82, 2.24) is 4.98 Å². The van der Waals surface area contributed by atoms with Gasteiger partial charge in [0, 0.05) is 11.1 Å². The van der Waals surface area contributed by atoms with Crippen molar-refractivity contribution in [1.29, 1.82) is 0 Å². The SMILES string of the molecule is O=C(Nc1ncc(C2CC2)s1)c1ccccc1OC1CCC1. The van der Waals surface area contributed by atoms with Gasteiger partial charge in [0.1, 0.15) is 5.75 Å². The van der Waals surface area contributed by atoms with Crippen LogP contribution in [0.2, 0.25) is 0 Å². The van der Waals surface area contributed by atoms with Crippen molar-refractivity contribution in [2.24, 2.45) is 0 Å². The van der Waals surface area contributed by atoms with Crippen LogP contribution < -0.4 is 10.1 Å². The summed E-state index contributed by atoms with van der Waals surface area (Å²) in [6.07, 6.45) is 7.99. The number of amides is 1. The second-order valence-electron chi connectivity index (χ2n) is 5.96. The van der Waals surface area contributed by atoms with Crippen molar-refractivity contribution < 1.29 is 9.53 Å². The number of anilines is 1. The van der Waals surface area contributed by atoms with E-state index in [1.165, 1.54) is 24.1 Å². The van der Waals surface area contributed by atoms with E-state index in [0.717, 1.165) is 12.8 Å². The number of nitrogens with one attached hydrogen (secondary N) is 1. The highest BCUT2D eigenvalue weighted by molar-refractivity contribution is 7.15. The fourth-order valence-corrected chi connectivity index (χ4v) is 3.47. The van der Waals surface area contributed by atoms with Crippen molar-refractivity contribution in [3.8, 4) is 5.75 Å². The van der Waals surface area contributed by atoms with E-state index in [2.05, 4.69) is 10.3 Å². The second kappa shape index (κ2) is 5.72. The van der Waals surface area contributed by atoms with E-state index < -0.39 is 0 Å². The standard InChI is InChI=1S/C17H18N2O2S/c20-16(19-17-18-10-15(22-17)11-8-9-11)13-6-1-2-7-14(13)21-12-4-3-5-12/h1-2,6-7,10-12H,3-5,8-9H2,(H,18,19,20). The third-order valence-electron chi connectivity index (χ3n) is 4.20. The van der Waals surface area contributed by atoms with Crippen molar-refractivity contribution in [3.05, 3.63) is 40.9 Å². The molecule has 2 fully saturated rings. The summed E-state index contributed by atoms with van der Waals surface area (Å²) in [7, 11) is 0. The number of rotatable bonds is 5. The molecule has 0 bridgehead atoms. The first-order valence-corrected chi connectivity index (χ1v) is 8.64. The molecule has 4 nitrogen and oxygen atoms in total. The molecule has 114 valence electrons. The monoisotopic (exact) mass is 314 g/mol. The van der Waals surface area contributed by atoms with Gasteiger partial charge in [-0.2, -0.15) is 0 Å². The molecule has 2 aromatic rings. The molecule has 4 rings (SSSR count). The minimum Gasteiger partial charge on any atom is -0.490 e. The predicted molar refractivity (Wildman–Crippen MR) is 86.8 cm³/mol. The maximum Gasteiger partial charge on any atom is 0.261 e. The molecule has 5 heteroatoms. The van der Waals surface area contributed by atoms with E-state index in [0.29, 0.717) is 22.4 Å². The Morgan fingerprint density at radius 2 is 2.05 bits per heavy atom. The molecule has 2 aliphatic carbocycles. The number of benzene rings is 1. The Morgan fingerprint density at radius 1 is 1.23 bits per heavy atom. The van der Waals surface area contributed by atoms with Crippen LogP contribution in [0, 0.1) is 0 Å². The molecule has 1 aromatic heterocycles. The van der Waals surface area contributed by atoms with Gasteiger partial charge in [0.2, 0.25) is 0 Å². The highest BCUT2D eigenvalue weighted by Gasteiger charge is 2.26. The van der Waals surface area contributed by atoms with E-state index in [4.69, 9.17) is 4.74 Å². The zero-order chi connectivity index (χ0) is 14.9. The van der Waals surface area contributed by atoms with Gasteiger partial charge in [0.15, 0.2) is 5.13 Å². The summed E-state index contributed by atoms with van der Waals surface area (Å²) in [5.41, 5.74) is 0.581. The summed E-state index contributed by atoms with van der Waals surface area (Å²) in [6.45, 7) is 0. The van der Waals surface area contributed by atoms with Crippen LogP contribution >= 0.6 is 11.3 Å². The van der Waals surface area contributed by atoms with Gasteiger partial charge in [0.25, 0.3) is 5.91 Å². The molecule has 2 saturated carbocycles. The molecule has 1 amide bonds. The molecule has 0 saturated heterocycles. The van der Waals surface area contributed by atoms with E-state index in [9.17, 15) is 4.79 Å². The van der Waals surface area contributed by atoms with Crippen LogP contribution in [0.4, 0.5) is 5.13 Å². The van der Waals surface area contributed by atoms with Crippen LogP contribution in [0.1, 0.15) is 53.3 Å². The van der Waals surface area contributed by atoms with E-state index in [-0.39, 0.29) is 12.0 Å². The van der Waals surface area contributed by atoms with Gasteiger partial charge in [-0.15, -0.1) is 11.3 Å². The Balaban J connectivity index is 1.48. The summed E-state index contributed by atoms with van der Waals surface area (Å²) >= 11 is 1.58. The molecule has 0 spiro atoms. The zero-order valence-electron chi connectivity index (χ0n) is 12.2. The van der Waals surface area contributed by atoms with Crippen LogP contribution in [0.25, 0.3) is 0 Å². The summed E-state index contributed by atoms with van der Waals surface area (Å²) in [5.74, 6) is 1.19. The van der Waals surface area contributed by atoms with Crippen molar-refractivity contribution in [2.45, 2.75) is 44.1 Å². The number of carbonyl (C=O) groups excluding carboxylic acids is 1. The third-order valence-corrected chi connectivity index (χ3v) is 5.28. The summed E-state index contributed by atoms with van der Waals surface area (Å²) < 4.78 is 5.92. The highest BCUT2D eigenvalue weighted by atomic mass is 32.1. The zero-order valence-corrected chi connectivity index (χ0v) is 13.1. The quantitative estimate of drug-likeness (QED) is 0.899. The van der Waals surface area contributed by atoms with Gasteiger partial charge in [0.05, 0.1) is 11.7 Å². The van der Waals surface area contributed by atoms with Crippen LogP contribution in [-0.4, -0.2) is 17.0 Å². The van der Waals surface area contributed by atoms with Crippen LogP contribution in [0.15, 0.2) is 30.5 Å². The fourth-order valence-electron chi connectivity index (χ4n) is 2.49. The van der Waals surface area contributed by atoms with Crippen LogP contribution in [0.5, 0.6) is 5.75 Å². The first kappa shape index (κ1) is 13.8. The van der Waals surface area contributed by atoms with Gasteiger partial charge >= 0.3 is 0 Å². The first-order valence-electron chi connectivity index (χ1n) is 7.82. The van der Waals surface area contributed by atoms with Gasteiger partial charge < -0.3 is 4.74 Å². The Morgan fingerprint density at radius 3 is 2.77 bits per heavy atom. The number of hydrogen-bond donors (Lipinski definition) is 1. The van der Waals surface area contributed by atoms with E-state index >= 15 is 0 Å². The normalized spacial score (nSPS) is 17.8. The predicted octanol–water partition coefficient (Wildman–Crippen LogP) is 4.20. The lowest BCUT2D eigenvalue weighted by atomic mass is 9.96. The smallest absolute Gasteiger partial charge is 0.261 e. The summed E-state index contributed by atoms with van der Waals surface area (Å²) in [5, 5.41) is 3.57. The lowest BCUT2D eigenvalue weighted by Gasteiger charge is -2.27. The number of hydrogen-bond acceptors (Lipinski definition) is 4. The molecule has 0 radical (unpaired) electrons. The molecule has 2 aliphatic rings. The Labute approximate surface area is 133 Å². The maximum atomic E-state index is 12.5. The largest absolute Gasteiger partial charge is 0.490 e. The number of ether oxygens (including phenoxy) is 1. The second-order valence-corrected chi connectivity index (χ2v) is 7.03. The van der Waals surface area contributed by atoms with Crippen molar-refractivity contribution in [2.75, 3.05) is 5.32 Å². The molecular formula is C17H18N2O2S. The van der Waals surface area contributed by atoms with Gasteiger partial charge in [-0.3, -0.25) is 10.1 Å². The van der Waals surface area contributed by atoms with Crippen LogP contribution in [-0.2, 0) is 0 Å². The first-order chi connectivity index (χ1) is 10.8. The van der Waals surface area contributed by atoms with Crippen LogP contribution in [0.3, 0.4) is 0 Å². The average Bonchev–Trinajstić information content (AvgIpc) is 3.24. The lowest BCUT2D eigenvalue weighted by molar-refractivity contribution is 0.0992. The highest BCUT2D eigenvalue weighted by Crippen LogP contribution is 2.43. The third kappa shape index (κ3) is 2.86. The van der Waals surface area contributed by atoms with Crippen molar-refractivity contribution in [3.63, 3.8) is 0 Å². The molecule has 1 aromatic carbocycles. The van der Waals surface area contributed by atoms with E-state index in [1.54, 1.807) is 17.4 Å². The number of para-hydroxylation sites is 1. The molecule has 0 aliphatic heterocycles. The summed E-state index contributed by atoms with van der Waals surface area (Å²) in [6, 6.07) is 7.43.